The lowest BCUT2D eigenvalue weighted by molar-refractivity contribution is -0.387. The first-order valence-electron chi connectivity index (χ1n) is 7.28. The summed E-state index contributed by atoms with van der Waals surface area (Å²) in [5.41, 5.74) is -1.21. The molecule has 0 aromatic heterocycles. The molecule has 0 atom stereocenters. The van der Waals surface area contributed by atoms with Gasteiger partial charge in [-0.15, -0.1) is 0 Å². The molecule has 0 heterocycles. The van der Waals surface area contributed by atoms with Gasteiger partial charge in [-0.1, -0.05) is 18.2 Å². The number of nitro groups is 2. The Kier molecular flexibility index (Phi) is 5.40. The van der Waals surface area contributed by atoms with Crippen molar-refractivity contribution < 1.29 is 28.2 Å². The molecule has 0 aliphatic heterocycles. The predicted octanol–water partition coefficient (Wildman–Crippen LogP) is 2.09. The number of carbonyl (C=O) groups is 1. The summed E-state index contributed by atoms with van der Waals surface area (Å²) in [6.07, 6.45) is 0. The Morgan fingerprint density at radius 1 is 1.11 bits per heavy atom. The number of hydrogen-bond donors (Lipinski definition) is 1. The molecule has 0 fully saturated rings. The van der Waals surface area contributed by atoms with Crippen molar-refractivity contribution in [1.82, 2.24) is 0 Å². The molecule has 0 unspecified atom stereocenters. The van der Waals surface area contributed by atoms with Crippen LogP contribution in [0.4, 0.5) is 17.1 Å². The lowest BCUT2D eigenvalue weighted by Gasteiger charge is -2.24. The normalized spacial score (nSPS) is 11.0. The Morgan fingerprint density at radius 2 is 1.74 bits per heavy atom. The van der Waals surface area contributed by atoms with Crippen molar-refractivity contribution in [1.29, 1.82) is 0 Å². The second-order valence-electron chi connectivity index (χ2n) is 5.36. The fraction of sp³-hybridized carbons (Fsp3) is 0.133. The van der Waals surface area contributed by atoms with Crippen LogP contribution in [0.5, 0.6) is 0 Å². The summed E-state index contributed by atoms with van der Waals surface area (Å²) >= 11 is 0. The van der Waals surface area contributed by atoms with Gasteiger partial charge in [0.2, 0.25) is 0 Å². The number of non-ortho nitro benzene ring substituents is 1. The van der Waals surface area contributed by atoms with Gasteiger partial charge in [0.25, 0.3) is 21.4 Å². The van der Waals surface area contributed by atoms with Gasteiger partial charge < -0.3 is 5.11 Å². The Hall–Kier alpha value is -3.54. The van der Waals surface area contributed by atoms with Gasteiger partial charge in [-0.05, 0) is 18.6 Å². The lowest BCUT2D eigenvalue weighted by Crippen LogP contribution is -2.36. The highest BCUT2D eigenvalue weighted by Gasteiger charge is 2.34. The predicted molar refractivity (Wildman–Crippen MR) is 93.1 cm³/mol. The minimum atomic E-state index is -4.70. The van der Waals surface area contributed by atoms with E-state index in [-0.39, 0.29) is 11.3 Å². The Bertz CT molecular complexity index is 1040. The minimum absolute atomic E-state index is 0.240. The van der Waals surface area contributed by atoms with E-state index in [1.165, 1.54) is 25.1 Å². The number of carboxylic acid groups (broad SMARTS) is 1. The maximum Gasteiger partial charge on any atom is 0.324 e. The van der Waals surface area contributed by atoms with Gasteiger partial charge in [0.05, 0.1) is 15.5 Å². The molecule has 27 heavy (non-hydrogen) atoms. The minimum Gasteiger partial charge on any atom is -0.480 e. The van der Waals surface area contributed by atoms with Gasteiger partial charge >= 0.3 is 5.97 Å². The second kappa shape index (κ2) is 7.37. The summed E-state index contributed by atoms with van der Waals surface area (Å²) in [4.78, 5) is 31.0. The fourth-order valence-corrected chi connectivity index (χ4v) is 3.98. The lowest BCUT2D eigenvalue weighted by atomic mass is 10.2. The molecule has 12 heteroatoms. The van der Waals surface area contributed by atoms with Crippen LogP contribution in [-0.4, -0.2) is 35.9 Å². The van der Waals surface area contributed by atoms with E-state index in [1.54, 1.807) is 0 Å². The van der Waals surface area contributed by atoms with Gasteiger partial charge in [0, 0.05) is 18.2 Å². The smallest absolute Gasteiger partial charge is 0.324 e. The molecular formula is C15H13N3O8S. The van der Waals surface area contributed by atoms with Crippen molar-refractivity contribution in [2.24, 2.45) is 0 Å². The van der Waals surface area contributed by atoms with Gasteiger partial charge in [0.15, 0.2) is 4.90 Å². The number of nitro benzene ring substituents is 2. The number of aliphatic carboxylic acids is 1. The highest BCUT2D eigenvalue weighted by atomic mass is 32.2. The molecule has 2 rings (SSSR count). The third-order valence-corrected chi connectivity index (χ3v) is 5.39. The summed E-state index contributed by atoms with van der Waals surface area (Å²) in [6.45, 7) is 0.360. The van der Waals surface area contributed by atoms with E-state index in [4.69, 9.17) is 5.11 Å². The van der Waals surface area contributed by atoms with Crippen LogP contribution in [0.2, 0.25) is 0 Å². The number of aryl methyl sites for hydroxylation is 1. The summed E-state index contributed by atoms with van der Waals surface area (Å²) in [5, 5.41) is 31.3. The van der Waals surface area contributed by atoms with Crippen LogP contribution in [0.1, 0.15) is 5.56 Å². The molecule has 0 radical (unpaired) electrons. The van der Waals surface area contributed by atoms with Gasteiger partial charge in [-0.2, -0.15) is 0 Å². The zero-order valence-electron chi connectivity index (χ0n) is 13.8. The van der Waals surface area contributed by atoms with Crippen molar-refractivity contribution in [3.05, 3.63) is 68.3 Å². The largest absolute Gasteiger partial charge is 0.480 e. The number of para-hydroxylation sites is 1. The number of rotatable bonds is 7. The van der Waals surface area contributed by atoms with Crippen LogP contribution in [0.25, 0.3) is 0 Å². The van der Waals surface area contributed by atoms with Crippen LogP contribution in [-0.2, 0) is 14.8 Å². The van der Waals surface area contributed by atoms with E-state index in [9.17, 15) is 33.4 Å². The molecule has 0 saturated carbocycles. The van der Waals surface area contributed by atoms with Crippen LogP contribution in [0.3, 0.4) is 0 Å². The highest BCUT2D eigenvalue weighted by Crippen LogP contribution is 2.33. The standard InChI is InChI=1S/C15H13N3O8S/c1-10-6-7-11(17(21)22)8-13(10)16(9-15(19)20)27(25,26)14-5-3-2-4-12(14)18(23)24/h2-8H,9H2,1H3,(H,19,20). The molecular weight excluding hydrogens is 382 g/mol. The molecule has 0 spiro atoms. The number of anilines is 1. The summed E-state index contributed by atoms with van der Waals surface area (Å²) < 4.78 is 26.4. The first-order chi connectivity index (χ1) is 12.6. The summed E-state index contributed by atoms with van der Waals surface area (Å²) in [7, 11) is -4.70. The topological polar surface area (TPSA) is 161 Å². The fourth-order valence-electron chi connectivity index (χ4n) is 2.35. The molecule has 2 aromatic carbocycles. The second-order valence-corrected chi connectivity index (χ2v) is 7.19. The van der Waals surface area contributed by atoms with Crippen molar-refractivity contribution in [3.8, 4) is 0 Å². The van der Waals surface area contributed by atoms with Gasteiger partial charge in [-0.25, -0.2) is 8.42 Å². The quantitative estimate of drug-likeness (QED) is 0.550. The highest BCUT2D eigenvalue weighted by molar-refractivity contribution is 7.93. The summed E-state index contributed by atoms with van der Waals surface area (Å²) in [6, 6.07) is 7.74. The monoisotopic (exact) mass is 395 g/mol. The molecule has 2 aromatic rings. The van der Waals surface area contributed by atoms with E-state index < -0.39 is 48.7 Å². The molecule has 1 N–H and O–H groups in total. The molecule has 0 aliphatic rings. The Balaban J connectivity index is 2.75. The number of carboxylic acids is 1. The number of hydrogen-bond acceptors (Lipinski definition) is 7. The van der Waals surface area contributed by atoms with E-state index in [1.807, 2.05) is 0 Å². The number of sulfonamides is 1. The maximum absolute atomic E-state index is 13.0. The van der Waals surface area contributed by atoms with Crippen molar-refractivity contribution in [2.45, 2.75) is 11.8 Å². The first kappa shape index (κ1) is 19.8. The Morgan fingerprint density at radius 3 is 2.30 bits per heavy atom. The zero-order valence-corrected chi connectivity index (χ0v) is 14.6. The number of benzene rings is 2. The molecule has 11 nitrogen and oxygen atoms in total. The van der Waals surface area contributed by atoms with Crippen LogP contribution < -0.4 is 4.31 Å². The first-order valence-corrected chi connectivity index (χ1v) is 8.72. The van der Waals surface area contributed by atoms with E-state index >= 15 is 0 Å². The van der Waals surface area contributed by atoms with Crippen molar-refractivity contribution >= 4 is 33.1 Å². The average Bonchev–Trinajstić information content (AvgIpc) is 2.59. The zero-order chi connectivity index (χ0) is 20.4. The van der Waals surface area contributed by atoms with Crippen molar-refractivity contribution in [2.75, 3.05) is 10.8 Å². The van der Waals surface area contributed by atoms with E-state index in [2.05, 4.69) is 0 Å². The van der Waals surface area contributed by atoms with Crippen LogP contribution >= 0.6 is 0 Å². The van der Waals surface area contributed by atoms with Crippen LogP contribution in [0.15, 0.2) is 47.4 Å². The molecule has 0 aliphatic carbocycles. The van der Waals surface area contributed by atoms with Gasteiger partial charge in [0.1, 0.15) is 6.54 Å². The molecule has 0 bridgehead atoms. The average molecular weight is 395 g/mol. The third-order valence-electron chi connectivity index (χ3n) is 3.58. The van der Waals surface area contributed by atoms with E-state index in [0.29, 0.717) is 4.31 Å². The van der Waals surface area contributed by atoms with E-state index in [0.717, 1.165) is 24.3 Å². The SMILES string of the molecule is Cc1ccc([N+](=O)[O-])cc1N(CC(=O)O)S(=O)(=O)c1ccccc1[N+](=O)[O-]. The third kappa shape index (κ3) is 4.00. The number of nitrogens with zero attached hydrogens (tertiary/aromatic N) is 3. The molecule has 0 saturated heterocycles. The Labute approximate surface area is 152 Å². The molecule has 142 valence electrons. The molecule has 0 amide bonds. The maximum atomic E-state index is 13.0. The van der Waals surface area contributed by atoms with Crippen molar-refractivity contribution in [3.63, 3.8) is 0 Å². The van der Waals surface area contributed by atoms with Crippen LogP contribution in [0, 0.1) is 27.2 Å². The van der Waals surface area contributed by atoms with Gasteiger partial charge in [-0.3, -0.25) is 29.3 Å². The summed E-state index contributed by atoms with van der Waals surface area (Å²) in [5.74, 6) is -1.54.